The van der Waals surface area contributed by atoms with E-state index in [4.69, 9.17) is 0 Å². The Morgan fingerprint density at radius 3 is 2.93 bits per heavy atom. The molecule has 0 saturated carbocycles. The van der Waals surface area contributed by atoms with E-state index in [1.807, 2.05) is 31.9 Å². The van der Waals surface area contributed by atoms with Crippen LogP contribution in [-0.2, 0) is 0 Å². The van der Waals surface area contributed by atoms with E-state index >= 15 is 0 Å². The summed E-state index contributed by atoms with van der Waals surface area (Å²) in [6.07, 6.45) is 3.68. The Kier molecular flexibility index (Phi) is 4.52. The molecule has 1 N–H and O–H groups in total. The van der Waals surface area contributed by atoms with Gasteiger partial charge in [0.05, 0.1) is 0 Å². The minimum Gasteiger partial charge on any atom is -0.373 e. The molecule has 0 aromatic carbocycles. The Labute approximate surface area is 89.1 Å². The van der Waals surface area contributed by atoms with Gasteiger partial charge >= 0.3 is 0 Å². The summed E-state index contributed by atoms with van der Waals surface area (Å²) < 4.78 is 0. The van der Waals surface area contributed by atoms with Crippen molar-refractivity contribution in [3.63, 3.8) is 0 Å². The molecule has 0 radical (unpaired) electrons. The Hall–Kier alpha value is -0.970. The van der Waals surface area contributed by atoms with Crippen molar-refractivity contribution in [1.29, 1.82) is 0 Å². The van der Waals surface area contributed by atoms with E-state index in [0.29, 0.717) is 0 Å². The van der Waals surface area contributed by atoms with Crippen molar-refractivity contribution in [2.75, 3.05) is 42.9 Å². The molecule has 0 saturated heterocycles. The van der Waals surface area contributed by atoms with Crippen LogP contribution in [0.2, 0.25) is 0 Å². The second kappa shape index (κ2) is 5.70. The normalized spacial score (nSPS) is 9.93. The topological polar surface area (TPSA) is 41.0 Å². The number of aromatic nitrogens is 2. The van der Waals surface area contributed by atoms with Gasteiger partial charge < -0.3 is 10.2 Å². The second-order valence-electron chi connectivity index (χ2n) is 2.93. The average molecular weight is 212 g/mol. The van der Waals surface area contributed by atoms with Crippen LogP contribution in [0, 0.1) is 0 Å². The predicted molar refractivity (Wildman–Crippen MR) is 63.2 cm³/mol. The quantitative estimate of drug-likeness (QED) is 0.797. The standard InChI is InChI=1S/C9H16N4S/c1-10-8-6-9(12-7-11-8)13(2)4-5-14-3/h6-7H,4-5H2,1-3H3,(H,10,11,12). The number of nitrogens with one attached hydrogen (secondary N) is 1. The SMILES string of the molecule is CNc1cc(N(C)CCSC)ncn1. The average Bonchev–Trinajstić information content (AvgIpc) is 2.26. The first kappa shape index (κ1) is 11.1. The van der Waals surface area contributed by atoms with Crippen LogP contribution >= 0.6 is 11.8 Å². The minimum absolute atomic E-state index is 0.853. The maximum Gasteiger partial charge on any atom is 0.133 e. The lowest BCUT2D eigenvalue weighted by molar-refractivity contribution is 0.937. The highest BCUT2D eigenvalue weighted by Gasteiger charge is 2.02. The fourth-order valence-corrected chi connectivity index (χ4v) is 1.49. The smallest absolute Gasteiger partial charge is 0.133 e. The third kappa shape index (κ3) is 3.06. The molecule has 0 fully saturated rings. The number of nitrogens with zero attached hydrogens (tertiary/aromatic N) is 3. The first-order valence-corrected chi connectivity index (χ1v) is 5.87. The van der Waals surface area contributed by atoms with Crippen LogP contribution in [-0.4, -0.2) is 42.6 Å². The van der Waals surface area contributed by atoms with Crippen molar-refractivity contribution in [2.24, 2.45) is 0 Å². The fourth-order valence-electron chi connectivity index (χ4n) is 1.04. The van der Waals surface area contributed by atoms with Crippen LogP contribution in [0.15, 0.2) is 12.4 Å². The van der Waals surface area contributed by atoms with Crippen molar-refractivity contribution < 1.29 is 0 Å². The van der Waals surface area contributed by atoms with E-state index in [9.17, 15) is 0 Å². The summed E-state index contributed by atoms with van der Waals surface area (Å²) in [6.45, 7) is 1.00. The van der Waals surface area contributed by atoms with Gasteiger partial charge in [-0.25, -0.2) is 9.97 Å². The molecule has 0 aliphatic carbocycles. The molecule has 1 rings (SSSR count). The van der Waals surface area contributed by atoms with E-state index in [1.54, 1.807) is 6.33 Å². The highest BCUT2D eigenvalue weighted by molar-refractivity contribution is 7.98. The van der Waals surface area contributed by atoms with Gasteiger partial charge in [-0.15, -0.1) is 0 Å². The molecule has 5 heteroatoms. The van der Waals surface area contributed by atoms with Gasteiger partial charge in [0.1, 0.15) is 18.0 Å². The van der Waals surface area contributed by atoms with Gasteiger partial charge in [0.15, 0.2) is 0 Å². The Morgan fingerprint density at radius 2 is 2.29 bits per heavy atom. The molecule has 78 valence electrons. The van der Waals surface area contributed by atoms with E-state index in [-0.39, 0.29) is 0 Å². The van der Waals surface area contributed by atoms with Gasteiger partial charge in [0.25, 0.3) is 0 Å². The number of hydrogen-bond donors (Lipinski definition) is 1. The van der Waals surface area contributed by atoms with E-state index in [2.05, 4.69) is 26.4 Å². The Morgan fingerprint density at radius 1 is 1.50 bits per heavy atom. The van der Waals surface area contributed by atoms with Crippen molar-refractivity contribution >= 4 is 23.4 Å². The molecule has 0 aliphatic rings. The molecule has 1 aromatic heterocycles. The zero-order valence-electron chi connectivity index (χ0n) is 8.82. The summed E-state index contributed by atoms with van der Waals surface area (Å²) >= 11 is 1.83. The van der Waals surface area contributed by atoms with E-state index in [0.717, 1.165) is 23.9 Å². The molecule has 0 atom stereocenters. The van der Waals surface area contributed by atoms with Crippen LogP contribution in [0.3, 0.4) is 0 Å². The van der Waals surface area contributed by atoms with Crippen molar-refractivity contribution in [3.8, 4) is 0 Å². The van der Waals surface area contributed by atoms with E-state index in [1.165, 1.54) is 0 Å². The predicted octanol–water partition coefficient (Wildman–Crippen LogP) is 1.32. The third-order valence-corrected chi connectivity index (χ3v) is 2.52. The molecule has 0 bridgehead atoms. The van der Waals surface area contributed by atoms with Gasteiger partial charge in [0.2, 0.25) is 0 Å². The highest BCUT2D eigenvalue weighted by Crippen LogP contribution is 2.12. The van der Waals surface area contributed by atoms with E-state index < -0.39 is 0 Å². The van der Waals surface area contributed by atoms with Crippen LogP contribution in [0.1, 0.15) is 0 Å². The molecule has 0 unspecified atom stereocenters. The summed E-state index contributed by atoms with van der Waals surface area (Å²) in [4.78, 5) is 10.4. The van der Waals surface area contributed by atoms with Crippen LogP contribution in [0.5, 0.6) is 0 Å². The number of thioether (sulfide) groups is 1. The van der Waals surface area contributed by atoms with Crippen molar-refractivity contribution in [2.45, 2.75) is 0 Å². The Balaban J connectivity index is 2.64. The molecule has 0 amide bonds. The molecule has 0 spiro atoms. The highest BCUT2D eigenvalue weighted by atomic mass is 32.2. The molecule has 4 nitrogen and oxygen atoms in total. The second-order valence-corrected chi connectivity index (χ2v) is 3.91. The van der Waals surface area contributed by atoms with Crippen LogP contribution in [0.25, 0.3) is 0 Å². The summed E-state index contributed by atoms with van der Waals surface area (Å²) in [7, 11) is 3.89. The lowest BCUT2D eigenvalue weighted by Crippen LogP contribution is -2.21. The summed E-state index contributed by atoms with van der Waals surface area (Å²) in [5, 5.41) is 3.00. The summed E-state index contributed by atoms with van der Waals surface area (Å²) in [5.41, 5.74) is 0. The summed E-state index contributed by atoms with van der Waals surface area (Å²) in [5.74, 6) is 2.92. The van der Waals surface area contributed by atoms with Crippen LogP contribution < -0.4 is 10.2 Å². The van der Waals surface area contributed by atoms with Crippen molar-refractivity contribution in [3.05, 3.63) is 12.4 Å². The van der Waals surface area contributed by atoms with Crippen LogP contribution in [0.4, 0.5) is 11.6 Å². The molecular formula is C9H16N4S. The largest absolute Gasteiger partial charge is 0.373 e. The van der Waals surface area contributed by atoms with Crippen molar-refractivity contribution in [1.82, 2.24) is 9.97 Å². The molecule has 14 heavy (non-hydrogen) atoms. The first-order valence-electron chi connectivity index (χ1n) is 4.47. The van der Waals surface area contributed by atoms with Gasteiger partial charge in [-0.05, 0) is 6.26 Å². The maximum atomic E-state index is 4.21. The minimum atomic E-state index is 0.853. The monoisotopic (exact) mass is 212 g/mol. The third-order valence-electron chi connectivity index (χ3n) is 1.93. The summed E-state index contributed by atoms with van der Waals surface area (Å²) in [6, 6.07) is 1.94. The van der Waals surface area contributed by atoms with Gasteiger partial charge in [0, 0.05) is 32.5 Å². The lowest BCUT2D eigenvalue weighted by Gasteiger charge is -2.17. The molecular weight excluding hydrogens is 196 g/mol. The first-order chi connectivity index (χ1) is 6.77. The molecule has 1 heterocycles. The van der Waals surface area contributed by atoms with Gasteiger partial charge in [-0.2, -0.15) is 11.8 Å². The number of rotatable bonds is 5. The maximum absolute atomic E-state index is 4.21. The number of hydrogen-bond acceptors (Lipinski definition) is 5. The Bertz CT molecular complexity index is 279. The molecule has 0 aliphatic heterocycles. The lowest BCUT2D eigenvalue weighted by atomic mass is 10.5. The zero-order chi connectivity index (χ0) is 10.4. The fraction of sp³-hybridized carbons (Fsp3) is 0.556. The van der Waals surface area contributed by atoms with Gasteiger partial charge in [-0.1, -0.05) is 0 Å². The zero-order valence-corrected chi connectivity index (χ0v) is 9.64. The number of anilines is 2. The molecule has 1 aromatic rings. The van der Waals surface area contributed by atoms with Gasteiger partial charge in [-0.3, -0.25) is 0 Å².